The first-order valence-electron chi connectivity index (χ1n) is 8.12. The van der Waals surface area contributed by atoms with Crippen molar-refractivity contribution in [2.45, 2.75) is 20.8 Å². The summed E-state index contributed by atoms with van der Waals surface area (Å²) in [5.41, 5.74) is 0.241. The van der Waals surface area contributed by atoms with Crippen LogP contribution in [0.4, 0.5) is 0 Å². The van der Waals surface area contributed by atoms with Gasteiger partial charge in [-0.15, -0.1) is 0 Å². The van der Waals surface area contributed by atoms with Crippen LogP contribution in [0.25, 0.3) is 11.0 Å². The smallest absolute Gasteiger partial charge is 0.295 e. The highest BCUT2D eigenvalue weighted by Crippen LogP contribution is 2.28. The predicted molar refractivity (Wildman–Crippen MR) is 100 cm³/mol. The maximum absolute atomic E-state index is 12.5. The molecule has 0 spiro atoms. The fourth-order valence-electron chi connectivity index (χ4n) is 2.29. The number of aryl methyl sites for hydroxylation is 1. The van der Waals surface area contributed by atoms with Crippen molar-refractivity contribution in [2.75, 3.05) is 13.7 Å². The van der Waals surface area contributed by atoms with E-state index in [4.69, 9.17) is 9.47 Å². The largest absolute Gasteiger partial charge is 0.493 e. The molecule has 2 aromatic heterocycles. The highest BCUT2D eigenvalue weighted by atomic mass is 32.1. The van der Waals surface area contributed by atoms with E-state index in [2.05, 4.69) is 23.9 Å². The first-order valence-corrected chi connectivity index (χ1v) is 8.93. The monoisotopic (exact) mass is 373 g/mol. The maximum atomic E-state index is 12.5. The van der Waals surface area contributed by atoms with Gasteiger partial charge in [-0.25, -0.2) is 0 Å². The Kier molecular flexibility index (Phi) is 5.03. The van der Waals surface area contributed by atoms with E-state index in [0.29, 0.717) is 28.6 Å². The van der Waals surface area contributed by atoms with Crippen LogP contribution < -0.4 is 25.1 Å². The molecule has 0 unspecified atom stereocenters. The number of aromatic nitrogens is 3. The molecule has 3 rings (SSSR count). The van der Waals surface area contributed by atoms with Gasteiger partial charge in [0.25, 0.3) is 11.1 Å². The van der Waals surface area contributed by atoms with Gasteiger partial charge in [-0.1, -0.05) is 31.3 Å². The van der Waals surface area contributed by atoms with E-state index < -0.39 is 5.56 Å². The molecule has 0 radical (unpaired) electrons. The topological polar surface area (TPSA) is 82.8 Å². The summed E-state index contributed by atoms with van der Waals surface area (Å²) in [6.07, 6.45) is 1.72. The molecular formula is C18H19N3O4S. The zero-order chi connectivity index (χ0) is 18.8. The fourth-order valence-corrected chi connectivity index (χ4v) is 3.19. The molecule has 0 saturated heterocycles. The van der Waals surface area contributed by atoms with E-state index in [1.54, 1.807) is 19.3 Å². The van der Waals surface area contributed by atoms with E-state index >= 15 is 0 Å². The van der Waals surface area contributed by atoms with Crippen LogP contribution in [0.1, 0.15) is 25.1 Å². The molecule has 0 aliphatic heterocycles. The lowest BCUT2D eigenvalue weighted by Crippen LogP contribution is -2.27. The van der Waals surface area contributed by atoms with Crippen molar-refractivity contribution in [1.29, 1.82) is 0 Å². The standard InChI is InChI=1S/C18H19N3O4S/c1-10(2)9-25-13-6-5-12(7-14(13)24-4)8-15-17(23)21-18(26-15)19-16(22)11(3)20-21/h5-8,10H,9H2,1-4H3/b15-8-. The summed E-state index contributed by atoms with van der Waals surface area (Å²) >= 11 is 1.12. The van der Waals surface area contributed by atoms with Crippen LogP contribution in [0.2, 0.25) is 0 Å². The molecule has 0 fully saturated rings. The first-order chi connectivity index (χ1) is 12.4. The number of fused-ring (bicyclic) bond motifs is 1. The molecule has 0 N–H and O–H groups in total. The van der Waals surface area contributed by atoms with Crippen molar-refractivity contribution in [1.82, 2.24) is 14.6 Å². The first kappa shape index (κ1) is 18.1. The summed E-state index contributed by atoms with van der Waals surface area (Å²) in [4.78, 5) is 28.3. The lowest BCUT2D eigenvalue weighted by molar-refractivity contribution is 0.257. The minimum absolute atomic E-state index is 0.192. The molecule has 2 heterocycles. The molecule has 1 aromatic carbocycles. The average molecular weight is 373 g/mol. The lowest BCUT2D eigenvalue weighted by atomic mass is 10.2. The molecule has 0 amide bonds. The van der Waals surface area contributed by atoms with E-state index in [0.717, 1.165) is 21.4 Å². The van der Waals surface area contributed by atoms with Crippen molar-refractivity contribution in [3.63, 3.8) is 0 Å². The third-order valence-electron chi connectivity index (χ3n) is 3.60. The van der Waals surface area contributed by atoms with Gasteiger partial charge in [0.1, 0.15) is 5.69 Å². The minimum Gasteiger partial charge on any atom is -0.493 e. The molecule has 3 aromatic rings. The van der Waals surface area contributed by atoms with Crippen molar-refractivity contribution in [3.05, 3.63) is 54.7 Å². The van der Waals surface area contributed by atoms with E-state index in [-0.39, 0.29) is 16.2 Å². The number of hydrogen-bond donors (Lipinski definition) is 0. The Morgan fingerprint density at radius 3 is 2.73 bits per heavy atom. The Hall–Kier alpha value is -2.74. The third kappa shape index (κ3) is 3.60. The van der Waals surface area contributed by atoms with Gasteiger partial charge in [0.15, 0.2) is 11.5 Å². The number of nitrogens with zero attached hydrogens (tertiary/aromatic N) is 3. The van der Waals surface area contributed by atoms with Gasteiger partial charge < -0.3 is 9.47 Å². The van der Waals surface area contributed by atoms with Gasteiger partial charge in [-0.2, -0.15) is 14.6 Å². The van der Waals surface area contributed by atoms with Crippen molar-refractivity contribution in [2.24, 2.45) is 5.92 Å². The Labute approximate surface area is 153 Å². The van der Waals surface area contributed by atoms with Crippen LogP contribution in [0.15, 0.2) is 27.8 Å². The van der Waals surface area contributed by atoms with Gasteiger partial charge in [0.2, 0.25) is 4.96 Å². The molecule has 136 valence electrons. The summed E-state index contributed by atoms with van der Waals surface area (Å²) in [7, 11) is 1.57. The molecule has 0 aliphatic carbocycles. The normalized spacial score (nSPS) is 12.1. The summed E-state index contributed by atoms with van der Waals surface area (Å²) in [6, 6.07) is 5.46. The molecule has 8 heteroatoms. The molecule has 0 saturated carbocycles. The molecule has 0 bridgehead atoms. The van der Waals surface area contributed by atoms with E-state index in [9.17, 15) is 9.59 Å². The summed E-state index contributed by atoms with van der Waals surface area (Å²) < 4.78 is 12.7. The number of benzene rings is 1. The lowest BCUT2D eigenvalue weighted by Gasteiger charge is -2.12. The van der Waals surface area contributed by atoms with Gasteiger partial charge in [-0.05, 0) is 36.6 Å². The van der Waals surface area contributed by atoms with Crippen LogP contribution in [0.3, 0.4) is 0 Å². The predicted octanol–water partition coefficient (Wildman–Crippen LogP) is 1.41. The summed E-state index contributed by atoms with van der Waals surface area (Å²) in [5, 5.41) is 4.00. The quantitative estimate of drug-likeness (QED) is 0.673. The maximum Gasteiger partial charge on any atom is 0.295 e. The number of thiazole rings is 1. The number of methoxy groups -OCH3 is 1. The van der Waals surface area contributed by atoms with Crippen LogP contribution in [-0.2, 0) is 0 Å². The Bertz CT molecular complexity index is 1120. The second-order valence-corrected chi connectivity index (χ2v) is 7.24. The van der Waals surface area contributed by atoms with Gasteiger partial charge in [0.05, 0.1) is 18.2 Å². The van der Waals surface area contributed by atoms with Crippen LogP contribution >= 0.6 is 11.3 Å². The Morgan fingerprint density at radius 2 is 2.04 bits per heavy atom. The Balaban J connectivity index is 2.05. The van der Waals surface area contributed by atoms with Crippen molar-refractivity contribution < 1.29 is 9.47 Å². The molecule has 0 atom stereocenters. The minimum atomic E-state index is -0.425. The van der Waals surface area contributed by atoms with Gasteiger partial charge in [-0.3, -0.25) is 9.59 Å². The summed E-state index contributed by atoms with van der Waals surface area (Å²) in [6.45, 7) is 6.26. The number of ether oxygens (including phenoxy) is 2. The molecular weight excluding hydrogens is 354 g/mol. The van der Waals surface area contributed by atoms with Crippen molar-refractivity contribution >= 4 is 22.4 Å². The van der Waals surface area contributed by atoms with Crippen LogP contribution in [-0.4, -0.2) is 28.3 Å². The van der Waals surface area contributed by atoms with Gasteiger partial charge in [0, 0.05) is 0 Å². The fraction of sp³-hybridized carbons (Fsp3) is 0.333. The molecule has 26 heavy (non-hydrogen) atoms. The van der Waals surface area contributed by atoms with Crippen LogP contribution in [0.5, 0.6) is 11.5 Å². The highest BCUT2D eigenvalue weighted by Gasteiger charge is 2.10. The van der Waals surface area contributed by atoms with Gasteiger partial charge >= 0.3 is 0 Å². The number of hydrogen-bond acceptors (Lipinski definition) is 7. The van der Waals surface area contributed by atoms with Crippen LogP contribution in [0, 0.1) is 12.8 Å². The third-order valence-corrected chi connectivity index (χ3v) is 4.56. The average Bonchev–Trinajstić information content (AvgIpc) is 2.89. The van der Waals surface area contributed by atoms with Crippen molar-refractivity contribution in [3.8, 4) is 11.5 Å². The molecule has 7 nitrogen and oxygen atoms in total. The second-order valence-electron chi connectivity index (χ2n) is 6.23. The van der Waals surface area contributed by atoms with E-state index in [1.165, 1.54) is 6.92 Å². The molecule has 0 aliphatic rings. The number of rotatable bonds is 5. The zero-order valence-corrected chi connectivity index (χ0v) is 15.8. The zero-order valence-electron chi connectivity index (χ0n) is 15.0. The second kappa shape index (κ2) is 7.25. The van der Waals surface area contributed by atoms with E-state index in [1.807, 2.05) is 12.1 Å². The SMILES string of the molecule is COc1cc(/C=c2\sc3nc(=O)c(C)nn3c2=O)ccc1OCC(C)C. The Morgan fingerprint density at radius 1 is 1.27 bits per heavy atom. The summed E-state index contributed by atoms with van der Waals surface area (Å²) in [5.74, 6) is 1.65. The highest BCUT2D eigenvalue weighted by molar-refractivity contribution is 7.15.